The standard InChI is InChI=1S/C24H19BrN2O4S/c1-16-6-9-22(10-7-16)32(29,30)31-23-11-8-20(25)14-18(23)13-19(15-26)24(28)27-21-5-3-4-17(2)12-21/h3-14H,1-2H3,(H,27,28)/b19-13+. The lowest BCUT2D eigenvalue weighted by Crippen LogP contribution is -2.14. The minimum atomic E-state index is -4.11. The molecule has 0 spiro atoms. The van der Waals surface area contributed by atoms with Gasteiger partial charge in [0.2, 0.25) is 0 Å². The zero-order valence-corrected chi connectivity index (χ0v) is 19.7. The Labute approximate surface area is 195 Å². The molecule has 0 unspecified atom stereocenters. The maximum Gasteiger partial charge on any atom is 0.339 e. The maximum absolute atomic E-state index is 12.7. The van der Waals surface area contributed by atoms with Crippen LogP contribution in [-0.4, -0.2) is 14.3 Å². The zero-order chi connectivity index (χ0) is 23.3. The lowest BCUT2D eigenvalue weighted by Gasteiger charge is -2.11. The number of hydrogen-bond acceptors (Lipinski definition) is 5. The van der Waals surface area contributed by atoms with Gasteiger partial charge in [0.05, 0.1) is 0 Å². The molecule has 0 aliphatic rings. The highest BCUT2D eigenvalue weighted by molar-refractivity contribution is 9.10. The summed E-state index contributed by atoms with van der Waals surface area (Å²) in [6.45, 7) is 3.73. The molecular weight excluding hydrogens is 492 g/mol. The van der Waals surface area contributed by atoms with E-state index in [2.05, 4.69) is 21.2 Å². The molecule has 0 bridgehead atoms. The van der Waals surface area contributed by atoms with E-state index in [-0.39, 0.29) is 21.8 Å². The topological polar surface area (TPSA) is 96.3 Å². The number of halogens is 1. The molecule has 3 aromatic carbocycles. The molecule has 162 valence electrons. The van der Waals surface area contributed by atoms with Gasteiger partial charge in [0.15, 0.2) is 0 Å². The first-order valence-electron chi connectivity index (χ1n) is 9.48. The van der Waals surface area contributed by atoms with E-state index < -0.39 is 16.0 Å². The summed E-state index contributed by atoms with van der Waals surface area (Å²) in [6.07, 6.45) is 1.29. The average Bonchev–Trinajstić information content (AvgIpc) is 2.74. The molecule has 0 heterocycles. The van der Waals surface area contributed by atoms with E-state index in [0.717, 1.165) is 11.1 Å². The van der Waals surface area contributed by atoms with Crippen LogP contribution in [0.4, 0.5) is 5.69 Å². The fraction of sp³-hybridized carbons (Fsp3) is 0.0833. The van der Waals surface area contributed by atoms with Gasteiger partial charge in [0.1, 0.15) is 22.3 Å². The molecule has 8 heteroatoms. The van der Waals surface area contributed by atoms with Crippen molar-refractivity contribution in [2.24, 2.45) is 0 Å². The van der Waals surface area contributed by atoms with Crippen LogP contribution in [0.15, 0.2) is 81.7 Å². The third-order valence-electron chi connectivity index (χ3n) is 4.42. The van der Waals surface area contributed by atoms with Gasteiger partial charge in [-0.25, -0.2) is 0 Å². The molecule has 3 aromatic rings. The smallest absolute Gasteiger partial charge is 0.339 e. The highest BCUT2D eigenvalue weighted by atomic mass is 79.9. The van der Waals surface area contributed by atoms with Crippen molar-refractivity contribution in [1.82, 2.24) is 0 Å². The summed E-state index contributed by atoms with van der Waals surface area (Å²) < 4.78 is 31.4. The normalized spacial score (nSPS) is 11.5. The summed E-state index contributed by atoms with van der Waals surface area (Å²) in [6, 6.07) is 19.9. The zero-order valence-electron chi connectivity index (χ0n) is 17.3. The molecule has 0 saturated carbocycles. The van der Waals surface area contributed by atoms with Crippen molar-refractivity contribution in [2.75, 3.05) is 5.32 Å². The van der Waals surface area contributed by atoms with Gasteiger partial charge in [-0.3, -0.25) is 4.79 Å². The van der Waals surface area contributed by atoms with E-state index in [9.17, 15) is 18.5 Å². The fourth-order valence-corrected chi connectivity index (χ4v) is 4.14. The first kappa shape index (κ1) is 23.3. The summed E-state index contributed by atoms with van der Waals surface area (Å²) >= 11 is 3.32. The molecule has 1 N–H and O–H groups in total. The van der Waals surface area contributed by atoms with E-state index in [0.29, 0.717) is 10.2 Å². The van der Waals surface area contributed by atoms with Crippen molar-refractivity contribution in [3.63, 3.8) is 0 Å². The van der Waals surface area contributed by atoms with Crippen molar-refractivity contribution in [3.8, 4) is 11.8 Å². The van der Waals surface area contributed by atoms with Crippen molar-refractivity contribution in [3.05, 3.63) is 93.5 Å². The Balaban J connectivity index is 1.94. The number of nitrogens with zero attached hydrogens (tertiary/aromatic N) is 1. The summed E-state index contributed by atoms with van der Waals surface area (Å²) in [5.74, 6) is -0.629. The third-order valence-corrected chi connectivity index (χ3v) is 6.16. The third kappa shape index (κ3) is 5.84. The molecule has 0 fully saturated rings. The van der Waals surface area contributed by atoms with Gasteiger partial charge in [0, 0.05) is 15.7 Å². The van der Waals surface area contributed by atoms with Gasteiger partial charge >= 0.3 is 10.1 Å². The predicted molar refractivity (Wildman–Crippen MR) is 127 cm³/mol. The number of rotatable bonds is 6. The van der Waals surface area contributed by atoms with Crippen LogP contribution < -0.4 is 9.50 Å². The van der Waals surface area contributed by atoms with Crippen LogP contribution in [0.2, 0.25) is 0 Å². The summed E-state index contributed by atoms with van der Waals surface area (Å²) in [5.41, 5.74) is 2.46. The van der Waals surface area contributed by atoms with Crippen LogP contribution >= 0.6 is 15.9 Å². The first-order valence-corrected chi connectivity index (χ1v) is 11.7. The summed E-state index contributed by atoms with van der Waals surface area (Å²) in [7, 11) is -4.11. The second-order valence-electron chi connectivity index (χ2n) is 7.03. The molecular formula is C24H19BrN2O4S. The quantitative estimate of drug-likeness (QED) is 0.272. The van der Waals surface area contributed by atoms with Crippen LogP contribution in [0.5, 0.6) is 5.75 Å². The van der Waals surface area contributed by atoms with E-state index >= 15 is 0 Å². The molecule has 0 aliphatic heterocycles. The summed E-state index contributed by atoms with van der Waals surface area (Å²) in [4.78, 5) is 12.6. The Morgan fingerprint density at radius 1 is 1.03 bits per heavy atom. The molecule has 3 rings (SSSR count). The molecule has 0 aliphatic carbocycles. The largest absolute Gasteiger partial charge is 0.378 e. The van der Waals surface area contributed by atoms with Crippen LogP contribution in [0.1, 0.15) is 16.7 Å². The fourth-order valence-electron chi connectivity index (χ4n) is 2.80. The number of amides is 1. The number of carbonyl (C=O) groups excluding carboxylic acids is 1. The molecule has 32 heavy (non-hydrogen) atoms. The summed E-state index contributed by atoms with van der Waals surface area (Å²) in [5, 5.41) is 12.2. The molecule has 0 saturated heterocycles. The van der Waals surface area contributed by atoms with Crippen molar-refractivity contribution < 1.29 is 17.4 Å². The van der Waals surface area contributed by atoms with E-state index in [1.54, 1.807) is 42.5 Å². The monoisotopic (exact) mass is 510 g/mol. The number of hydrogen-bond donors (Lipinski definition) is 1. The van der Waals surface area contributed by atoms with Crippen molar-refractivity contribution in [2.45, 2.75) is 18.7 Å². The Kier molecular flexibility index (Phi) is 7.13. The Bertz CT molecular complexity index is 1340. The lowest BCUT2D eigenvalue weighted by molar-refractivity contribution is -0.112. The van der Waals surface area contributed by atoms with Crippen molar-refractivity contribution >= 4 is 43.7 Å². The first-order chi connectivity index (χ1) is 15.2. The average molecular weight is 511 g/mol. The molecule has 6 nitrogen and oxygen atoms in total. The number of benzene rings is 3. The van der Waals surface area contributed by atoms with Gasteiger partial charge < -0.3 is 9.50 Å². The lowest BCUT2D eigenvalue weighted by atomic mass is 10.1. The maximum atomic E-state index is 12.7. The van der Waals surface area contributed by atoms with Gasteiger partial charge in [-0.1, -0.05) is 45.8 Å². The predicted octanol–water partition coefficient (Wildman–Crippen LogP) is 5.38. The van der Waals surface area contributed by atoms with Crippen LogP contribution in [0.3, 0.4) is 0 Å². The SMILES string of the molecule is Cc1ccc(S(=O)(=O)Oc2ccc(Br)cc2/C=C(\C#N)C(=O)Nc2cccc(C)c2)cc1. The molecule has 0 aromatic heterocycles. The highest BCUT2D eigenvalue weighted by Gasteiger charge is 2.19. The Hall–Kier alpha value is -3.41. The van der Waals surface area contributed by atoms with Gasteiger partial charge in [-0.2, -0.15) is 13.7 Å². The Morgan fingerprint density at radius 2 is 1.75 bits per heavy atom. The molecule has 1 amide bonds. The number of aryl methyl sites for hydroxylation is 2. The minimum Gasteiger partial charge on any atom is -0.378 e. The van der Waals surface area contributed by atoms with E-state index in [1.165, 1.54) is 24.3 Å². The van der Waals surface area contributed by atoms with Crippen LogP contribution in [0.25, 0.3) is 6.08 Å². The minimum absolute atomic E-state index is 0.00125. The Morgan fingerprint density at radius 3 is 2.41 bits per heavy atom. The number of nitriles is 1. The van der Waals surface area contributed by atoms with Crippen molar-refractivity contribution in [1.29, 1.82) is 5.26 Å². The van der Waals surface area contributed by atoms with Gasteiger partial charge in [-0.05, 0) is 68.0 Å². The van der Waals surface area contributed by atoms with Gasteiger partial charge in [-0.15, -0.1) is 0 Å². The van der Waals surface area contributed by atoms with E-state index in [4.69, 9.17) is 4.18 Å². The van der Waals surface area contributed by atoms with Crippen LogP contribution in [-0.2, 0) is 14.9 Å². The molecule has 0 radical (unpaired) electrons. The molecule has 0 atom stereocenters. The second-order valence-corrected chi connectivity index (χ2v) is 9.49. The van der Waals surface area contributed by atoms with Gasteiger partial charge in [0.25, 0.3) is 5.91 Å². The number of anilines is 1. The number of carbonyl (C=O) groups is 1. The second kappa shape index (κ2) is 9.81. The highest BCUT2D eigenvalue weighted by Crippen LogP contribution is 2.29. The van der Waals surface area contributed by atoms with Crippen LogP contribution in [0, 0.1) is 25.2 Å². The number of nitrogens with one attached hydrogen (secondary N) is 1. The van der Waals surface area contributed by atoms with E-state index in [1.807, 2.05) is 26.0 Å².